The van der Waals surface area contributed by atoms with Gasteiger partial charge in [-0.1, -0.05) is 40.2 Å². The number of hydrogen-bond donors (Lipinski definition) is 0. The van der Waals surface area contributed by atoms with Gasteiger partial charge in [0.25, 0.3) is 0 Å². The molecule has 0 bridgehead atoms. The molecule has 4 aromatic heterocycles. The van der Waals surface area contributed by atoms with Crippen LogP contribution >= 0.6 is 15.9 Å². The fourth-order valence-corrected chi connectivity index (χ4v) is 3.88. The zero-order chi connectivity index (χ0) is 17.0. The number of rotatable bonds is 1. The highest BCUT2D eigenvalue weighted by Gasteiger charge is 2.19. The molecule has 25 heavy (non-hydrogen) atoms. The SMILES string of the molecule is N#Cc1c2c3cccn3c(-c3ccccc3Br)nc2n2ccccc12. The van der Waals surface area contributed by atoms with Gasteiger partial charge in [0.2, 0.25) is 0 Å². The van der Waals surface area contributed by atoms with E-state index < -0.39 is 0 Å². The van der Waals surface area contributed by atoms with Crippen LogP contribution in [0.15, 0.2) is 71.5 Å². The van der Waals surface area contributed by atoms with Gasteiger partial charge in [-0.15, -0.1) is 0 Å². The van der Waals surface area contributed by atoms with E-state index in [1.54, 1.807) is 0 Å². The summed E-state index contributed by atoms with van der Waals surface area (Å²) in [6, 6.07) is 20.3. The van der Waals surface area contributed by atoms with Crippen LogP contribution in [0.1, 0.15) is 5.56 Å². The van der Waals surface area contributed by atoms with E-state index >= 15 is 0 Å². The summed E-state index contributed by atoms with van der Waals surface area (Å²) < 4.78 is 5.02. The Balaban J connectivity index is 2.06. The maximum Gasteiger partial charge on any atom is 0.150 e. The average Bonchev–Trinajstić information content (AvgIpc) is 3.24. The van der Waals surface area contributed by atoms with Crippen molar-refractivity contribution < 1.29 is 0 Å². The zero-order valence-corrected chi connectivity index (χ0v) is 14.6. The van der Waals surface area contributed by atoms with Gasteiger partial charge >= 0.3 is 0 Å². The number of pyridine rings is 1. The first-order chi connectivity index (χ1) is 12.3. The summed E-state index contributed by atoms with van der Waals surface area (Å²) in [5.41, 5.74) is 4.32. The quantitative estimate of drug-likeness (QED) is 0.405. The Kier molecular flexibility index (Phi) is 2.97. The van der Waals surface area contributed by atoms with Gasteiger partial charge in [-0.25, -0.2) is 4.98 Å². The summed E-state index contributed by atoms with van der Waals surface area (Å²) in [5, 5.41) is 10.6. The van der Waals surface area contributed by atoms with Crippen LogP contribution in [0.3, 0.4) is 0 Å². The Hall–Kier alpha value is -3.10. The second-order valence-corrected chi connectivity index (χ2v) is 6.67. The van der Waals surface area contributed by atoms with E-state index in [0.717, 1.165) is 37.9 Å². The van der Waals surface area contributed by atoms with E-state index in [1.807, 2.05) is 75.8 Å². The van der Waals surface area contributed by atoms with Crippen LogP contribution in [0, 0.1) is 11.3 Å². The number of nitriles is 1. The van der Waals surface area contributed by atoms with Gasteiger partial charge in [0.15, 0.2) is 0 Å². The number of halogens is 1. The Labute approximate surface area is 151 Å². The van der Waals surface area contributed by atoms with Crippen molar-refractivity contribution in [1.82, 2.24) is 13.8 Å². The largest absolute Gasteiger partial charge is 0.300 e. The highest BCUT2D eigenvalue weighted by molar-refractivity contribution is 9.10. The molecule has 5 aromatic rings. The standard InChI is InChI=1S/C20H11BrN4/c21-15-7-2-1-6-13(15)19-23-20-18(17-9-5-11-25(17)19)14(12-22)16-8-3-4-10-24(16)20/h1-11H. The van der Waals surface area contributed by atoms with Gasteiger partial charge < -0.3 is 4.40 Å². The van der Waals surface area contributed by atoms with Crippen LogP contribution in [0.2, 0.25) is 0 Å². The Morgan fingerprint density at radius 2 is 1.64 bits per heavy atom. The summed E-state index contributed by atoms with van der Waals surface area (Å²) in [6.45, 7) is 0. The normalized spacial score (nSPS) is 11.4. The lowest BCUT2D eigenvalue weighted by Crippen LogP contribution is -1.98. The highest BCUT2D eigenvalue weighted by Crippen LogP contribution is 2.34. The van der Waals surface area contributed by atoms with Crippen molar-refractivity contribution in [2.75, 3.05) is 0 Å². The molecule has 0 fully saturated rings. The van der Waals surface area contributed by atoms with Gasteiger partial charge in [-0.2, -0.15) is 5.26 Å². The summed E-state index contributed by atoms with van der Waals surface area (Å²) in [4.78, 5) is 4.95. The van der Waals surface area contributed by atoms with E-state index in [-0.39, 0.29) is 0 Å². The molecule has 0 unspecified atom stereocenters. The van der Waals surface area contributed by atoms with Crippen LogP contribution in [0.5, 0.6) is 0 Å². The van der Waals surface area contributed by atoms with E-state index in [2.05, 4.69) is 22.0 Å². The van der Waals surface area contributed by atoms with Crippen LogP contribution in [-0.2, 0) is 0 Å². The minimum atomic E-state index is 0.658. The molecular weight excluding hydrogens is 376 g/mol. The summed E-state index contributed by atoms with van der Waals surface area (Å²) in [7, 11) is 0. The summed E-state index contributed by atoms with van der Waals surface area (Å²) in [6.07, 6.45) is 3.94. The third-order valence-electron chi connectivity index (χ3n) is 4.49. The summed E-state index contributed by atoms with van der Waals surface area (Å²) in [5.74, 6) is 0.840. The van der Waals surface area contributed by atoms with Crippen LogP contribution < -0.4 is 0 Å². The molecule has 0 aliphatic carbocycles. The van der Waals surface area contributed by atoms with Crippen molar-refractivity contribution in [3.05, 3.63) is 77.0 Å². The Bertz CT molecular complexity index is 1320. The monoisotopic (exact) mass is 386 g/mol. The minimum absolute atomic E-state index is 0.658. The zero-order valence-electron chi connectivity index (χ0n) is 13.0. The summed E-state index contributed by atoms with van der Waals surface area (Å²) >= 11 is 3.63. The first-order valence-electron chi connectivity index (χ1n) is 7.84. The molecule has 4 nitrogen and oxygen atoms in total. The smallest absolute Gasteiger partial charge is 0.150 e. The number of fused-ring (bicyclic) bond motifs is 5. The van der Waals surface area contributed by atoms with Crippen molar-refractivity contribution in [2.45, 2.75) is 0 Å². The van der Waals surface area contributed by atoms with Crippen molar-refractivity contribution >= 4 is 38.0 Å². The van der Waals surface area contributed by atoms with Crippen LogP contribution in [0.4, 0.5) is 0 Å². The highest BCUT2D eigenvalue weighted by atomic mass is 79.9. The van der Waals surface area contributed by atoms with Gasteiger partial charge in [0, 0.05) is 22.4 Å². The molecule has 5 rings (SSSR count). The van der Waals surface area contributed by atoms with Crippen LogP contribution in [-0.4, -0.2) is 13.8 Å². The predicted octanol–water partition coefficient (Wildman–Crippen LogP) is 5.04. The maximum atomic E-state index is 9.74. The third kappa shape index (κ3) is 1.89. The topological polar surface area (TPSA) is 45.5 Å². The number of benzene rings is 1. The number of aromatic nitrogens is 3. The third-order valence-corrected chi connectivity index (χ3v) is 5.18. The minimum Gasteiger partial charge on any atom is -0.300 e. The lowest BCUT2D eigenvalue weighted by atomic mass is 10.1. The van der Waals surface area contributed by atoms with Gasteiger partial charge in [0.1, 0.15) is 17.5 Å². The van der Waals surface area contributed by atoms with Gasteiger partial charge in [-0.05, 0) is 30.3 Å². The fourth-order valence-electron chi connectivity index (χ4n) is 3.41. The van der Waals surface area contributed by atoms with Crippen molar-refractivity contribution in [2.24, 2.45) is 0 Å². The fraction of sp³-hybridized carbons (Fsp3) is 0. The molecule has 0 saturated heterocycles. The second-order valence-electron chi connectivity index (χ2n) is 5.82. The molecule has 118 valence electrons. The molecule has 5 heteroatoms. The first-order valence-corrected chi connectivity index (χ1v) is 8.63. The molecule has 0 amide bonds. The van der Waals surface area contributed by atoms with Gasteiger partial charge in [-0.3, -0.25) is 4.40 Å². The number of hydrogen-bond acceptors (Lipinski definition) is 2. The molecule has 1 aromatic carbocycles. The van der Waals surface area contributed by atoms with Crippen LogP contribution in [0.25, 0.3) is 33.5 Å². The Morgan fingerprint density at radius 3 is 2.48 bits per heavy atom. The van der Waals surface area contributed by atoms with E-state index in [9.17, 15) is 5.26 Å². The number of nitrogens with zero attached hydrogens (tertiary/aromatic N) is 4. The van der Waals surface area contributed by atoms with Crippen molar-refractivity contribution in [1.29, 1.82) is 5.26 Å². The van der Waals surface area contributed by atoms with Crippen molar-refractivity contribution in [3.63, 3.8) is 0 Å². The average molecular weight is 387 g/mol. The van der Waals surface area contributed by atoms with E-state index in [4.69, 9.17) is 4.98 Å². The van der Waals surface area contributed by atoms with Crippen molar-refractivity contribution in [3.8, 4) is 17.5 Å². The molecule has 0 spiro atoms. The van der Waals surface area contributed by atoms with E-state index in [0.29, 0.717) is 5.56 Å². The molecule has 0 aliphatic heterocycles. The lowest BCUT2D eigenvalue weighted by molar-refractivity contribution is 1.10. The molecular formula is C20H11BrN4. The second kappa shape index (κ2) is 5.20. The Morgan fingerprint density at radius 1 is 0.880 bits per heavy atom. The van der Waals surface area contributed by atoms with Gasteiger partial charge in [0.05, 0.1) is 22.0 Å². The first kappa shape index (κ1) is 14.3. The lowest BCUT2D eigenvalue weighted by Gasteiger charge is -2.09. The van der Waals surface area contributed by atoms with E-state index in [1.165, 1.54) is 0 Å². The molecule has 0 N–H and O–H groups in total. The molecule has 0 radical (unpaired) electrons. The molecule has 0 atom stereocenters. The molecule has 0 aliphatic rings. The molecule has 0 saturated carbocycles. The predicted molar refractivity (Wildman–Crippen MR) is 102 cm³/mol. The maximum absolute atomic E-state index is 9.74. The molecule has 4 heterocycles.